The highest BCUT2D eigenvalue weighted by atomic mass is 16.6. The second-order valence-corrected chi connectivity index (χ2v) is 6.99. The van der Waals surface area contributed by atoms with Gasteiger partial charge in [-0.1, -0.05) is 54.6 Å². The first-order chi connectivity index (χ1) is 13.1. The summed E-state index contributed by atoms with van der Waals surface area (Å²) >= 11 is 0. The van der Waals surface area contributed by atoms with Crippen molar-refractivity contribution in [2.75, 3.05) is 13.2 Å². The van der Waals surface area contributed by atoms with Crippen molar-refractivity contribution >= 4 is 12.1 Å². The Balaban J connectivity index is 1.56. The van der Waals surface area contributed by atoms with Crippen molar-refractivity contribution in [1.82, 2.24) is 4.90 Å². The lowest BCUT2D eigenvalue weighted by Crippen LogP contribution is -2.51. The lowest BCUT2D eigenvalue weighted by atomic mass is 9.97. The van der Waals surface area contributed by atoms with Gasteiger partial charge in [-0.05, 0) is 35.1 Å². The van der Waals surface area contributed by atoms with E-state index < -0.39 is 17.6 Å². The molecule has 2 aromatic carbocycles. The summed E-state index contributed by atoms with van der Waals surface area (Å²) in [7, 11) is 0. The van der Waals surface area contributed by atoms with Gasteiger partial charge in [-0.15, -0.1) is 6.58 Å². The molecule has 0 aromatic heterocycles. The lowest BCUT2D eigenvalue weighted by molar-refractivity contribution is -0.145. The van der Waals surface area contributed by atoms with Crippen LogP contribution in [0.15, 0.2) is 61.2 Å². The van der Waals surface area contributed by atoms with Gasteiger partial charge in [-0.3, -0.25) is 4.90 Å². The fourth-order valence-electron chi connectivity index (χ4n) is 4.29. The second-order valence-electron chi connectivity index (χ2n) is 6.99. The quantitative estimate of drug-likeness (QED) is 0.833. The predicted molar refractivity (Wildman–Crippen MR) is 102 cm³/mol. The molecule has 1 aliphatic heterocycles. The van der Waals surface area contributed by atoms with Gasteiger partial charge in [-0.2, -0.15) is 0 Å². The third kappa shape index (κ3) is 2.62. The number of carboxylic acids is 1. The molecule has 5 nitrogen and oxygen atoms in total. The van der Waals surface area contributed by atoms with Gasteiger partial charge in [0.1, 0.15) is 6.61 Å². The van der Waals surface area contributed by atoms with E-state index in [2.05, 4.69) is 30.8 Å². The minimum atomic E-state index is -1.37. The molecule has 138 valence electrons. The lowest BCUT2D eigenvalue weighted by Gasteiger charge is -2.31. The number of benzene rings is 2. The minimum Gasteiger partial charge on any atom is -0.479 e. The first-order valence-corrected chi connectivity index (χ1v) is 9.08. The number of likely N-dealkylation sites (tertiary alicyclic amines) is 1. The maximum absolute atomic E-state index is 12.7. The molecule has 1 saturated heterocycles. The molecule has 27 heavy (non-hydrogen) atoms. The molecule has 1 heterocycles. The van der Waals surface area contributed by atoms with E-state index in [1.807, 2.05) is 24.3 Å². The van der Waals surface area contributed by atoms with Crippen LogP contribution in [0.3, 0.4) is 0 Å². The fourth-order valence-corrected chi connectivity index (χ4v) is 4.29. The van der Waals surface area contributed by atoms with Gasteiger partial charge in [0, 0.05) is 12.5 Å². The summed E-state index contributed by atoms with van der Waals surface area (Å²) in [5, 5.41) is 9.60. The molecule has 1 atom stereocenters. The maximum atomic E-state index is 12.7. The van der Waals surface area contributed by atoms with Gasteiger partial charge in [0.25, 0.3) is 0 Å². The van der Waals surface area contributed by atoms with E-state index in [-0.39, 0.29) is 12.5 Å². The normalized spacial score (nSPS) is 20.8. The summed E-state index contributed by atoms with van der Waals surface area (Å²) in [5.41, 5.74) is 3.19. The molecule has 1 fully saturated rings. The molecular formula is C22H21NO4. The van der Waals surface area contributed by atoms with Crippen molar-refractivity contribution in [2.24, 2.45) is 0 Å². The van der Waals surface area contributed by atoms with E-state index >= 15 is 0 Å². The Labute approximate surface area is 157 Å². The molecule has 1 N–H and O–H groups in total. The third-order valence-corrected chi connectivity index (χ3v) is 5.69. The molecule has 2 aromatic rings. The smallest absolute Gasteiger partial charge is 0.411 e. The number of carboxylic acid groups (broad SMARTS) is 1. The summed E-state index contributed by atoms with van der Waals surface area (Å²) in [6.07, 6.45) is 1.71. The Morgan fingerprint density at radius 1 is 1.15 bits per heavy atom. The summed E-state index contributed by atoms with van der Waals surface area (Å²) in [5.74, 6) is -1.12. The zero-order valence-corrected chi connectivity index (χ0v) is 14.9. The molecule has 1 amide bonds. The monoisotopic (exact) mass is 363 g/mol. The van der Waals surface area contributed by atoms with E-state index in [0.29, 0.717) is 19.4 Å². The number of hydrogen-bond donors (Lipinski definition) is 1. The number of nitrogens with zero attached hydrogens (tertiary/aromatic N) is 1. The highest BCUT2D eigenvalue weighted by molar-refractivity contribution is 5.87. The molecule has 0 radical (unpaired) electrons. The van der Waals surface area contributed by atoms with Crippen LogP contribution in [0.2, 0.25) is 0 Å². The van der Waals surface area contributed by atoms with Crippen LogP contribution in [0.5, 0.6) is 0 Å². The van der Waals surface area contributed by atoms with Gasteiger partial charge >= 0.3 is 12.1 Å². The Morgan fingerprint density at radius 2 is 1.74 bits per heavy atom. The molecule has 0 unspecified atom stereocenters. The molecule has 4 rings (SSSR count). The van der Waals surface area contributed by atoms with Crippen molar-refractivity contribution in [3.63, 3.8) is 0 Å². The van der Waals surface area contributed by atoms with Gasteiger partial charge in [0.05, 0.1) is 0 Å². The minimum absolute atomic E-state index is 0.0492. The third-order valence-electron chi connectivity index (χ3n) is 5.69. The highest BCUT2D eigenvalue weighted by Gasteiger charge is 2.48. The van der Waals surface area contributed by atoms with E-state index in [4.69, 9.17) is 4.74 Å². The number of hydrogen-bond acceptors (Lipinski definition) is 3. The zero-order valence-electron chi connectivity index (χ0n) is 14.9. The predicted octanol–water partition coefficient (Wildman–Crippen LogP) is 4.04. The molecular weight excluding hydrogens is 342 g/mol. The maximum Gasteiger partial charge on any atom is 0.411 e. The summed E-state index contributed by atoms with van der Waals surface area (Å²) in [6.45, 7) is 4.17. The van der Waals surface area contributed by atoms with Gasteiger partial charge in [0.2, 0.25) is 0 Å². The number of carbonyl (C=O) groups excluding carboxylic acids is 1. The van der Waals surface area contributed by atoms with E-state index in [9.17, 15) is 14.7 Å². The van der Waals surface area contributed by atoms with Crippen LogP contribution < -0.4 is 0 Å². The molecule has 5 heteroatoms. The Kier molecular flexibility index (Phi) is 4.22. The van der Waals surface area contributed by atoms with Crippen molar-refractivity contribution in [1.29, 1.82) is 0 Å². The number of fused-ring (bicyclic) bond motifs is 3. The summed E-state index contributed by atoms with van der Waals surface area (Å²) in [6, 6.07) is 16.2. The number of rotatable bonds is 4. The molecule has 2 aliphatic rings. The van der Waals surface area contributed by atoms with Crippen LogP contribution in [0.4, 0.5) is 4.79 Å². The van der Waals surface area contributed by atoms with Gasteiger partial charge in [0.15, 0.2) is 5.54 Å². The van der Waals surface area contributed by atoms with Crippen LogP contribution in [0, 0.1) is 0 Å². The van der Waals surface area contributed by atoms with E-state index in [1.54, 1.807) is 0 Å². The summed E-state index contributed by atoms with van der Waals surface area (Å²) < 4.78 is 5.61. The van der Waals surface area contributed by atoms with Crippen LogP contribution in [0.1, 0.15) is 29.9 Å². The average molecular weight is 363 g/mol. The average Bonchev–Trinajstić information content (AvgIpc) is 3.27. The van der Waals surface area contributed by atoms with Crippen LogP contribution in [-0.2, 0) is 9.53 Å². The van der Waals surface area contributed by atoms with Crippen molar-refractivity contribution < 1.29 is 19.4 Å². The highest BCUT2D eigenvalue weighted by Crippen LogP contribution is 2.44. The topological polar surface area (TPSA) is 66.8 Å². The number of carbonyl (C=O) groups is 2. The second kappa shape index (κ2) is 6.58. The Hall–Kier alpha value is -3.08. The van der Waals surface area contributed by atoms with Crippen LogP contribution in [0.25, 0.3) is 11.1 Å². The molecule has 0 saturated carbocycles. The fraction of sp³-hybridized carbons (Fsp3) is 0.273. The molecule has 0 bridgehead atoms. The van der Waals surface area contributed by atoms with Crippen molar-refractivity contribution in [3.8, 4) is 11.1 Å². The standard InChI is InChI=1S/C22H21NO4/c1-2-22(20(24)25)12-7-13-23(22)21(26)27-14-19-17-10-5-3-8-15(17)16-9-4-6-11-18(16)19/h2-6,8-11,19H,1,7,12-14H2,(H,24,25)/t22-/m1/s1. The number of ether oxygens (including phenoxy) is 1. The number of amides is 1. The van der Waals surface area contributed by atoms with E-state index in [1.165, 1.54) is 11.0 Å². The van der Waals surface area contributed by atoms with Crippen molar-refractivity contribution in [3.05, 3.63) is 72.3 Å². The SMILES string of the molecule is C=C[C@]1(C(=O)O)CCCN1C(=O)OCC1c2ccccc2-c2ccccc21. The first kappa shape index (κ1) is 17.3. The molecule has 1 aliphatic carbocycles. The van der Waals surface area contributed by atoms with Crippen molar-refractivity contribution in [2.45, 2.75) is 24.3 Å². The summed E-state index contributed by atoms with van der Waals surface area (Å²) in [4.78, 5) is 25.7. The van der Waals surface area contributed by atoms with Gasteiger partial charge in [-0.25, -0.2) is 9.59 Å². The zero-order chi connectivity index (χ0) is 19.0. The van der Waals surface area contributed by atoms with E-state index in [0.717, 1.165) is 22.3 Å². The van der Waals surface area contributed by atoms with Crippen LogP contribution >= 0.6 is 0 Å². The Bertz CT molecular complexity index is 877. The largest absolute Gasteiger partial charge is 0.479 e. The Morgan fingerprint density at radius 3 is 2.30 bits per heavy atom. The molecule has 0 spiro atoms. The first-order valence-electron chi connectivity index (χ1n) is 9.08. The van der Waals surface area contributed by atoms with Gasteiger partial charge < -0.3 is 9.84 Å². The van der Waals surface area contributed by atoms with Crippen LogP contribution in [-0.4, -0.2) is 40.8 Å². The number of aliphatic carboxylic acids is 1.